The monoisotopic (exact) mass is 144 g/mol. The van der Waals surface area contributed by atoms with E-state index in [0.29, 0.717) is 5.92 Å². The summed E-state index contributed by atoms with van der Waals surface area (Å²) in [6.07, 6.45) is 1.79. The Bertz CT molecular complexity index is 138. The second-order valence-corrected chi connectivity index (χ2v) is 4.53. The molecule has 0 aromatic heterocycles. The van der Waals surface area contributed by atoms with Gasteiger partial charge >= 0.3 is 0 Å². The first-order valence-corrected chi connectivity index (χ1v) is 4.06. The Morgan fingerprint density at radius 3 is 1.90 bits per heavy atom. The molecule has 0 heterocycles. The van der Waals surface area contributed by atoms with Gasteiger partial charge in [0.15, 0.2) is 0 Å². The summed E-state index contributed by atoms with van der Waals surface area (Å²) >= 11 is 0. The van der Waals surface area contributed by atoms with Crippen molar-refractivity contribution in [1.82, 2.24) is 0 Å². The van der Waals surface area contributed by atoms with E-state index in [4.69, 9.17) is 0 Å². The lowest BCUT2D eigenvalue weighted by molar-refractivity contribution is 0.233. The second kappa shape index (κ2) is 1.96. The molecule has 1 aliphatic rings. The summed E-state index contributed by atoms with van der Waals surface area (Å²) in [6, 6.07) is 0. The summed E-state index contributed by atoms with van der Waals surface area (Å²) in [6.45, 7) is 8.07. The predicted octanol–water partition coefficient (Wildman–Crippen LogP) is 3.17. The minimum absolute atomic E-state index is 0.00116. The third-order valence-corrected chi connectivity index (χ3v) is 2.71. The van der Waals surface area contributed by atoms with E-state index < -0.39 is 5.67 Å². The summed E-state index contributed by atoms with van der Waals surface area (Å²) in [5.41, 5.74) is -0.863. The van der Waals surface area contributed by atoms with Crippen molar-refractivity contribution in [2.75, 3.05) is 0 Å². The van der Waals surface area contributed by atoms with E-state index >= 15 is 0 Å². The number of alkyl halides is 1. The Hall–Kier alpha value is -0.0700. The molecule has 0 radical (unpaired) electrons. The highest BCUT2D eigenvalue weighted by molar-refractivity contribution is 5.11. The van der Waals surface area contributed by atoms with Gasteiger partial charge < -0.3 is 0 Å². The van der Waals surface area contributed by atoms with Gasteiger partial charge in [-0.2, -0.15) is 0 Å². The summed E-state index contributed by atoms with van der Waals surface area (Å²) < 4.78 is 13.2. The van der Waals surface area contributed by atoms with Gasteiger partial charge in [-0.1, -0.05) is 20.8 Å². The zero-order valence-corrected chi connectivity index (χ0v) is 7.37. The van der Waals surface area contributed by atoms with Crippen molar-refractivity contribution in [2.45, 2.75) is 46.2 Å². The molecular weight excluding hydrogens is 127 g/mol. The maximum atomic E-state index is 13.2. The smallest absolute Gasteiger partial charge is 0.114 e. The van der Waals surface area contributed by atoms with Crippen LogP contribution in [0.4, 0.5) is 4.39 Å². The topological polar surface area (TPSA) is 0 Å². The van der Waals surface area contributed by atoms with Gasteiger partial charge in [-0.3, -0.25) is 0 Å². The van der Waals surface area contributed by atoms with Crippen LogP contribution in [0.25, 0.3) is 0 Å². The van der Waals surface area contributed by atoms with Crippen LogP contribution in [0.1, 0.15) is 40.5 Å². The molecule has 0 bridgehead atoms. The van der Waals surface area contributed by atoms with Gasteiger partial charge in [0.05, 0.1) is 0 Å². The molecule has 2 atom stereocenters. The minimum Gasteiger partial charge on any atom is -0.244 e. The Kier molecular flexibility index (Phi) is 1.57. The molecule has 0 saturated heterocycles. The first-order valence-electron chi connectivity index (χ1n) is 4.06. The predicted molar refractivity (Wildman–Crippen MR) is 41.7 cm³/mol. The van der Waals surface area contributed by atoms with Crippen molar-refractivity contribution >= 4 is 0 Å². The molecule has 0 nitrogen and oxygen atoms in total. The summed E-state index contributed by atoms with van der Waals surface area (Å²) in [7, 11) is 0. The fourth-order valence-electron chi connectivity index (χ4n) is 1.87. The van der Waals surface area contributed by atoms with Gasteiger partial charge in [0.2, 0.25) is 0 Å². The van der Waals surface area contributed by atoms with Crippen molar-refractivity contribution in [3.63, 3.8) is 0 Å². The molecule has 60 valence electrons. The molecule has 1 fully saturated rings. The van der Waals surface area contributed by atoms with Crippen LogP contribution in [-0.2, 0) is 0 Å². The molecule has 0 aromatic carbocycles. The summed E-state index contributed by atoms with van der Waals surface area (Å²) in [5.74, 6) is 0.627. The first-order chi connectivity index (χ1) is 4.37. The van der Waals surface area contributed by atoms with Crippen molar-refractivity contribution < 1.29 is 4.39 Å². The molecular formula is C9H17F. The summed E-state index contributed by atoms with van der Waals surface area (Å²) in [5, 5.41) is 0. The van der Waals surface area contributed by atoms with Crippen LogP contribution < -0.4 is 0 Å². The van der Waals surface area contributed by atoms with Crippen LogP contribution in [0, 0.1) is 11.3 Å². The maximum absolute atomic E-state index is 13.2. The number of rotatable bonds is 2. The molecule has 1 unspecified atom stereocenters. The van der Waals surface area contributed by atoms with Crippen molar-refractivity contribution in [1.29, 1.82) is 0 Å². The zero-order chi connectivity index (χ0) is 7.99. The van der Waals surface area contributed by atoms with Crippen LogP contribution in [0.3, 0.4) is 0 Å². The standard InChI is InChI=1S/C9H17F/c1-7(2)5-8(3)6-9(8,4)10/h7H,5-6H2,1-4H3/t8-,9?/m0/s1. The van der Waals surface area contributed by atoms with Gasteiger partial charge in [0.25, 0.3) is 0 Å². The Balaban J connectivity index is 2.44. The van der Waals surface area contributed by atoms with E-state index in [2.05, 4.69) is 13.8 Å². The third kappa shape index (κ3) is 1.18. The highest BCUT2D eigenvalue weighted by Crippen LogP contribution is 2.61. The summed E-state index contributed by atoms with van der Waals surface area (Å²) in [4.78, 5) is 0. The van der Waals surface area contributed by atoms with Gasteiger partial charge in [0, 0.05) is 5.41 Å². The third-order valence-electron chi connectivity index (χ3n) is 2.71. The normalized spacial score (nSPS) is 46.2. The fourth-order valence-corrected chi connectivity index (χ4v) is 1.87. The molecule has 0 spiro atoms. The molecule has 0 amide bonds. The Morgan fingerprint density at radius 2 is 1.80 bits per heavy atom. The van der Waals surface area contributed by atoms with E-state index in [-0.39, 0.29) is 5.41 Å². The number of halogens is 1. The van der Waals surface area contributed by atoms with Gasteiger partial charge in [-0.15, -0.1) is 0 Å². The van der Waals surface area contributed by atoms with Crippen LogP contribution >= 0.6 is 0 Å². The fraction of sp³-hybridized carbons (Fsp3) is 1.00. The average Bonchev–Trinajstić information content (AvgIpc) is 2.01. The quantitative estimate of drug-likeness (QED) is 0.558. The molecule has 1 rings (SSSR count). The van der Waals surface area contributed by atoms with Crippen molar-refractivity contribution in [3.8, 4) is 0 Å². The van der Waals surface area contributed by atoms with Crippen LogP contribution in [-0.4, -0.2) is 5.67 Å². The van der Waals surface area contributed by atoms with Crippen LogP contribution in [0.15, 0.2) is 0 Å². The number of hydrogen-bond acceptors (Lipinski definition) is 0. The lowest BCUT2D eigenvalue weighted by Crippen LogP contribution is -2.10. The molecule has 0 N–H and O–H groups in total. The van der Waals surface area contributed by atoms with Gasteiger partial charge in [-0.05, 0) is 25.7 Å². The van der Waals surface area contributed by atoms with E-state index in [9.17, 15) is 4.39 Å². The Morgan fingerprint density at radius 1 is 1.40 bits per heavy atom. The van der Waals surface area contributed by atoms with Gasteiger partial charge in [0.1, 0.15) is 5.67 Å². The second-order valence-electron chi connectivity index (χ2n) is 4.53. The van der Waals surface area contributed by atoms with Gasteiger partial charge in [-0.25, -0.2) is 4.39 Å². The average molecular weight is 144 g/mol. The molecule has 1 saturated carbocycles. The first kappa shape index (κ1) is 8.03. The van der Waals surface area contributed by atoms with E-state index in [1.165, 1.54) is 0 Å². The Labute approximate surface area is 62.8 Å². The maximum Gasteiger partial charge on any atom is 0.114 e. The minimum atomic E-state index is -0.864. The van der Waals surface area contributed by atoms with Crippen molar-refractivity contribution in [3.05, 3.63) is 0 Å². The number of hydrogen-bond donors (Lipinski definition) is 0. The largest absolute Gasteiger partial charge is 0.244 e. The SMILES string of the molecule is CC(C)C[C@@]1(C)CC1(C)F. The zero-order valence-electron chi connectivity index (χ0n) is 7.37. The highest BCUT2D eigenvalue weighted by Gasteiger charge is 2.61. The van der Waals surface area contributed by atoms with E-state index in [0.717, 1.165) is 12.8 Å². The highest BCUT2D eigenvalue weighted by atomic mass is 19.1. The lowest BCUT2D eigenvalue weighted by atomic mass is 9.93. The molecule has 1 aliphatic carbocycles. The molecule has 10 heavy (non-hydrogen) atoms. The molecule has 0 aliphatic heterocycles. The lowest BCUT2D eigenvalue weighted by Gasteiger charge is -2.14. The van der Waals surface area contributed by atoms with Crippen LogP contribution in [0.5, 0.6) is 0 Å². The van der Waals surface area contributed by atoms with E-state index in [1.54, 1.807) is 6.92 Å². The van der Waals surface area contributed by atoms with Crippen LogP contribution in [0.2, 0.25) is 0 Å². The van der Waals surface area contributed by atoms with E-state index in [1.807, 2.05) is 6.92 Å². The van der Waals surface area contributed by atoms with Crippen molar-refractivity contribution in [2.24, 2.45) is 11.3 Å². The molecule has 1 heteroatoms. The molecule has 0 aromatic rings.